The van der Waals surface area contributed by atoms with Crippen LogP contribution in [0.25, 0.3) is 0 Å². The van der Waals surface area contributed by atoms with Gasteiger partial charge in [0.15, 0.2) is 0 Å². The van der Waals surface area contributed by atoms with E-state index in [1.807, 2.05) is 0 Å². The highest BCUT2D eigenvalue weighted by Gasteiger charge is 2.51. The van der Waals surface area contributed by atoms with Crippen molar-refractivity contribution in [3.05, 3.63) is 0 Å². The van der Waals surface area contributed by atoms with Gasteiger partial charge in [-0.2, -0.15) is 0 Å². The van der Waals surface area contributed by atoms with Gasteiger partial charge in [0.25, 0.3) is 0 Å². The van der Waals surface area contributed by atoms with Crippen molar-refractivity contribution in [3.63, 3.8) is 0 Å². The molecule has 13 heavy (non-hydrogen) atoms. The molecule has 2 rings (SSSR count). The van der Waals surface area contributed by atoms with Crippen molar-refractivity contribution in [2.45, 2.75) is 63.6 Å². The topological polar surface area (TPSA) is 21.3 Å². The van der Waals surface area contributed by atoms with Crippen LogP contribution in [-0.2, 0) is 4.74 Å². The zero-order valence-electron chi connectivity index (χ0n) is 8.81. The smallest absolute Gasteiger partial charge is 0.0780 e. The van der Waals surface area contributed by atoms with Gasteiger partial charge in [0.2, 0.25) is 0 Å². The van der Waals surface area contributed by atoms with Crippen LogP contribution in [0.15, 0.2) is 0 Å². The average molecular weight is 183 g/mol. The molecule has 76 valence electrons. The molecule has 1 spiro atoms. The normalized spacial score (nSPS) is 43.8. The van der Waals surface area contributed by atoms with Crippen molar-refractivity contribution in [2.24, 2.45) is 0 Å². The number of ether oxygens (including phenoxy) is 1. The summed E-state index contributed by atoms with van der Waals surface area (Å²) in [5, 5.41) is 3.76. The summed E-state index contributed by atoms with van der Waals surface area (Å²) < 4.78 is 5.64. The monoisotopic (exact) mass is 183 g/mol. The van der Waals surface area contributed by atoms with E-state index in [1.165, 1.54) is 32.1 Å². The summed E-state index contributed by atoms with van der Waals surface area (Å²) in [5.41, 5.74) is 0.386. The molecule has 2 heterocycles. The first-order chi connectivity index (χ1) is 6.30. The van der Waals surface area contributed by atoms with E-state index in [2.05, 4.69) is 19.2 Å². The lowest BCUT2D eigenvalue weighted by Gasteiger charge is -2.47. The maximum absolute atomic E-state index is 5.64. The number of hydrogen-bond acceptors (Lipinski definition) is 2. The van der Waals surface area contributed by atoms with E-state index in [0.29, 0.717) is 11.6 Å². The minimum absolute atomic E-state index is 0.386. The highest BCUT2D eigenvalue weighted by molar-refractivity contribution is 5.08. The van der Waals surface area contributed by atoms with Crippen LogP contribution in [0.5, 0.6) is 0 Å². The molecule has 1 N–H and O–H groups in total. The summed E-state index contributed by atoms with van der Waals surface area (Å²) in [4.78, 5) is 0. The number of rotatable bonds is 3. The average Bonchev–Trinajstić information content (AvgIpc) is 2.58. The van der Waals surface area contributed by atoms with Crippen LogP contribution in [0.2, 0.25) is 0 Å². The second kappa shape index (κ2) is 3.58. The molecule has 3 atom stereocenters. The Morgan fingerprint density at radius 2 is 2.31 bits per heavy atom. The Kier molecular flexibility index (Phi) is 2.61. The van der Waals surface area contributed by atoms with Crippen LogP contribution in [-0.4, -0.2) is 24.3 Å². The van der Waals surface area contributed by atoms with Gasteiger partial charge in [-0.25, -0.2) is 0 Å². The fourth-order valence-corrected chi connectivity index (χ4v) is 2.68. The van der Waals surface area contributed by atoms with Crippen LogP contribution in [0.4, 0.5) is 0 Å². The molecule has 2 aliphatic rings. The third-order valence-electron chi connectivity index (χ3n) is 3.63. The van der Waals surface area contributed by atoms with Gasteiger partial charge in [0, 0.05) is 6.04 Å². The summed E-state index contributed by atoms with van der Waals surface area (Å²) in [7, 11) is 0. The summed E-state index contributed by atoms with van der Waals surface area (Å²) in [5.74, 6) is 0. The maximum Gasteiger partial charge on any atom is 0.0780 e. The Hall–Kier alpha value is -0.0800. The molecule has 0 aromatic rings. The summed E-state index contributed by atoms with van der Waals surface area (Å²) in [6.45, 7) is 5.46. The standard InChI is InChI=1S/C11H21NO/c1-3-5-10-11(8-13-10)7-6-9(4-2)12-11/h9-10,12H,3-8H2,1-2H3. The highest BCUT2D eigenvalue weighted by Crippen LogP contribution is 2.38. The lowest BCUT2D eigenvalue weighted by molar-refractivity contribution is -0.146. The zero-order valence-corrected chi connectivity index (χ0v) is 8.81. The molecule has 2 heteroatoms. The second-order valence-electron chi connectivity index (χ2n) is 4.53. The number of nitrogens with one attached hydrogen (secondary N) is 1. The third-order valence-corrected chi connectivity index (χ3v) is 3.63. The van der Waals surface area contributed by atoms with Gasteiger partial charge < -0.3 is 10.1 Å². The van der Waals surface area contributed by atoms with E-state index in [-0.39, 0.29) is 0 Å². The molecule has 2 nitrogen and oxygen atoms in total. The molecule has 0 radical (unpaired) electrons. The van der Waals surface area contributed by atoms with Gasteiger partial charge in [0.05, 0.1) is 18.2 Å². The zero-order chi connectivity index (χ0) is 9.31. The van der Waals surface area contributed by atoms with Gasteiger partial charge >= 0.3 is 0 Å². The lowest BCUT2D eigenvalue weighted by atomic mass is 9.84. The Bertz CT molecular complexity index is 183. The fourth-order valence-electron chi connectivity index (χ4n) is 2.68. The predicted octanol–water partition coefficient (Wildman–Crippen LogP) is 2.09. The summed E-state index contributed by atoms with van der Waals surface area (Å²) in [6, 6.07) is 0.753. The van der Waals surface area contributed by atoms with Crippen molar-refractivity contribution in [3.8, 4) is 0 Å². The predicted molar refractivity (Wildman–Crippen MR) is 53.8 cm³/mol. The molecular formula is C11H21NO. The molecule has 0 aromatic heterocycles. The minimum Gasteiger partial charge on any atom is -0.374 e. The third kappa shape index (κ3) is 1.50. The van der Waals surface area contributed by atoms with Crippen LogP contribution in [0.3, 0.4) is 0 Å². The van der Waals surface area contributed by atoms with Crippen molar-refractivity contribution >= 4 is 0 Å². The van der Waals surface area contributed by atoms with Crippen LogP contribution >= 0.6 is 0 Å². The first-order valence-electron chi connectivity index (χ1n) is 5.70. The van der Waals surface area contributed by atoms with Crippen molar-refractivity contribution in [1.29, 1.82) is 0 Å². The SMILES string of the molecule is CCCC1OCC12CCC(CC)N2. The molecular weight excluding hydrogens is 162 g/mol. The van der Waals surface area contributed by atoms with E-state index < -0.39 is 0 Å². The lowest BCUT2D eigenvalue weighted by Crippen LogP contribution is -2.65. The Morgan fingerprint density at radius 3 is 2.77 bits per heavy atom. The van der Waals surface area contributed by atoms with Gasteiger partial charge in [0.1, 0.15) is 0 Å². The van der Waals surface area contributed by atoms with E-state index in [0.717, 1.165) is 12.6 Å². The molecule has 0 aromatic carbocycles. The molecule has 0 bridgehead atoms. The van der Waals surface area contributed by atoms with Gasteiger partial charge in [-0.15, -0.1) is 0 Å². The Balaban J connectivity index is 1.91. The molecule has 0 aliphatic carbocycles. The minimum atomic E-state index is 0.386. The van der Waals surface area contributed by atoms with E-state index in [1.54, 1.807) is 0 Å². The Labute approximate surface area is 81.0 Å². The van der Waals surface area contributed by atoms with Gasteiger partial charge in [-0.05, 0) is 25.7 Å². The number of hydrogen-bond donors (Lipinski definition) is 1. The largest absolute Gasteiger partial charge is 0.374 e. The second-order valence-corrected chi connectivity index (χ2v) is 4.53. The van der Waals surface area contributed by atoms with E-state index in [9.17, 15) is 0 Å². The van der Waals surface area contributed by atoms with Crippen molar-refractivity contribution < 1.29 is 4.74 Å². The summed E-state index contributed by atoms with van der Waals surface area (Å²) in [6.07, 6.45) is 6.92. The van der Waals surface area contributed by atoms with Crippen LogP contribution in [0, 0.1) is 0 Å². The molecule has 0 amide bonds. The fraction of sp³-hybridized carbons (Fsp3) is 1.00. The molecule has 2 fully saturated rings. The van der Waals surface area contributed by atoms with Gasteiger partial charge in [-0.3, -0.25) is 0 Å². The quantitative estimate of drug-likeness (QED) is 0.723. The van der Waals surface area contributed by atoms with E-state index >= 15 is 0 Å². The van der Waals surface area contributed by atoms with Crippen LogP contribution < -0.4 is 5.32 Å². The summed E-state index contributed by atoms with van der Waals surface area (Å²) >= 11 is 0. The van der Waals surface area contributed by atoms with Gasteiger partial charge in [-0.1, -0.05) is 20.3 Å². The van der Waals surface area contributed by atoms with Crippen molar-refractivity contribution in [1.82, 2.24) is 5.32 Å². The van der Waals surface area contributed by atoms with Crippen molar-refractivity contribution in [2.75, 3.05) is 6.61 Å². The molecule has 0 saturated carbocycles. The Morgan fingerprint density at radius 1 is 1.46 bits per heavy atom. The first kappa shape index (κ1) is 9.47. The molecule has 2 saturated heterocycles. The first-order valence-corrected chi connectivity index (χ1v) is 5.70. The maximum atomic E-state index is 5.64. The molecule has 2 aliphatic heterocycles. The van der Waals surface area contributed by atoms with E-state index in [4.69, 9.17) is 4.74 Å². The highest BCUT2D eigenvalue weighted by atomic mass is 16.5. The molecule has 3 unspecified atom stereocenters. The van der Waals surface area contributed by atoms with Crippen LogP contribution in [0.1, 0.15) is 46.0 Å².